The Morgan fingerprint density at radius 2 is 1.92 bits per heavy atom. The van der Waals surface area contributed by atoms with Crippen LogP contribution < -0.4 is 0 Å². The van der Waals surface area contributed by atoms with Crippen LogP contribution in [0.2, 0.25) is 0 Å². The first kappa shape index (κ1) is 12.2. The van der Waals surface area contributed by atoms with E-state index in [4.69, 9.17) is 0 Å². The van der Waals surface area contributed by atoms with Crippen molar-refractivity contribution in [1.29, 1.82) is 0 Å². The van der Waals surface area contributed by atoms with Gasteiger partial charge in [0.2, 0.25) is 0 Å². The third kappa shape index (κ3) is 4.66. The van der Waals surface area contributed by atoms with Gasteiger partial charge in [-0.1, -0.05) is 27.7 Å². The smallest absolute Gasteiger partial charge is 0.0302 e. The summed E-state index contributed by atoms with van der Waals surface area (Å²) in [5, 5.41) is 0. The van der Waals surface area contributed by atoms with Gasteiger partial charge in [0.05, 0.1) is 0 Å². The van der Waals surface area contributed by atoms with Crippen molar-refractivity contribution in [2.45, 2.75) is 41.0 Å². The number of pyridine rings is 1. The van der Waals surface area contributed by atoms with Gasteiger partial charge in [0.1, 0.15) is 0 Å². The lowest BCUT2D eigenvalue weighted by atomic mass is 10.0. The maximum atomic E-state index is 4.10. The van der Waals surface area contributed by atoms with Gasteiger partial charge < -0.3 is 0 Å². The van der Waals surface area contributed by atoms with E-state index in [1.54, 1.807) is 0 Å². The summed E-state index contributed by atoms with van der Waals surface area (Å²) in [6.45, 7) is 10.6. The minimum atomic E-state index is 0.720. The van der Waals surface area contributed by atoms with Gasteiger partial charge >= 0.3 is 0 Å². The second-order valence-electron chi connectivity index (χ2n) is 3.40. The van der Waals surface area contributed by atoms with E-state index in [0.29, 0.717) is 0 Å². The highest BCUT2D eigenvalue weighted by molar-refractivity contribution is 5.21. The summed E-state index contributed by atoms with van der Waals surface area (Å²) in [5.41, 5.74) is 2.73. The molecule has 0 aliphatic carbocycles. The number of aryl methyl sites for hydroxylation is 1. The van der Waals surface area contributed by atoms with Gasteiger partial charge in [0.15, 0.2) is 0 Å². The van der Waals surface area contributed by atoms with E-state index in [1.165, 1.54) is 11.1 Å². The molecular formula is C12H21N. The van der Waals surface area contributed by atoms with E-state index >= 15 is 0 Å². The normalized spacial score (nSPS) is 9.38. The minimum Gasteiger partial charge on any atom is -0.264 e. The maximum absolute atomic E-state index is 4.10. The van der Waals surface area contributed by atoms with Crippen LogP contribution >= 0.6 is 0 Å². The largest absolute Gasteiger partial charge is 0.264 e. The van der Waals surface area contributed by atoms with Crippen LogP contribution in [0.1, 0.15) is 38.8 Å². The van der Waals surface area contributed by atoms with E-state index in [-0.39, 0.29) is 0 Å². The number of rotatable bonds is 2. The van der Waals surface area contributed by atoms with Gasteiger partial charge in [-0.15, -0.1) is 0 Å². The fourth-order valence-corrected chi connectivity index (χ4v) is 1.15. The average Bonchev–Trinajstić information content (AvgIpc) is 2.12. The standard InChI is InChI=1S/C10H15N.C2H6/c1-8(2)6-10-7-11-5-4-9(10)3;1-2/h4-5,7-8H,6H2,1-3H3;1-2H3. The molecule has 0 aliphatic heterocycles. The maximum Gasteiger partial charge on any atom is 0.0302 e. The zero-order valence-corrected chi connectivity index (χ0v) is 9.46. The van der Waals surface area contributed by atoms with Crippen molar-refractivity contribution in [2.75, 3.05) is 0 Å². The predicted octanol–water partition coefficient (Wildman–Crippen LogP) is 3.61. The van der Waals surface area contributed by atoms with Crippen molar-refractivity contribution in [3.8, 4) is 0 Å². The summed E-state index contributed by atoms with van der Waals surface area (Å²) in [4.78, 5) is 4.10. The van der Waals surface area contributed by atoms with Gasteiger partial charge in [0.25, 0.3) is 0 Å². The molecule has 0 amide bonds. The Bertz CT molecular complexity index is 228. The third-order valence-electron chi connectivity index (χ3n) is 1.78. The second-order valence-corrected chi connectivity index (χ2v) is 3.40. The summed E-state index contributed by atoms with van der Waals surface area (Å²) in [5.74, 6) is 0.720. The van der Waals surface area contributed by atoms with Gasteiger partial charge in [-0.3, -0.25) is 4.98 Å². The molecule has 1 nitrogen and oxygen atoms in total. The third-order valence-corrected chi connectivity index (χ3v) is 1.78. The molecule has 0 saturated heterocycles. The number of hydrogen-bond donors (Lipinski definition) is 0. The van der Waals surface area contributed by atoms with E-state index in [0.717, 1.165) is 12.3 Å². The summed E-state index contributed by atoms with van der Waals surface area (Å²) in [7, 11) is 0. The van der Waals surface area contributed by atoms with Crippen LogP contribution in [-0.4, -0.2) is 4.98 Å². The molecule has 0 saturated carbocycles. The summed E-state index contributed by atoms with van der Waals surface area (Å²) in [6, 6.07) is 2.07. The van der Waals surface area contributed by atoms with Crippen LogP contribution in [0, 0.1) is 12.8 Å². The Kier molecular flexibility index (Phi) is 6.21. The van der Waals surface area contributed by atoms with E-state index in [2.05, 4.69) is 31.8 Å². The molecule has 0 unspecified atom stereocenters. The lowest BCUT2D eigenvalue weighted by Gasteiger charge is -2.06. The van der Waals surface area contributed by atoms with Crippen molar-refractivity contribution >= 4 is 0 Å². The Hall–Kier alpha value is -0.850. The molecule has 0 atom stereocenters. The Morgan fingerprint density at radius 3 is 2.38 bits per heavy atom. The monoisotopic (exact) mass is 179 g/mol. The molecule has 1 rings (SSSR count). The molecule has 0 fully saturated rings. The lowest BCUT2D eigenvalue weighted by molar-refractivity contribution is 0.643. The molecule has 0 spiro atoms. The molecule has 0 aliphatic rings. The highest BCUT2D eigenvalue weighted by Gasteiger charge is 1.99. The zero-order chi connectivity index (χ0) is 10.3. The van der Waals surface area contributed by atoms with Gasteiger partial charge in [-0.25, -0.2) is 0 Å². The van der Waals surface area contributed by atoms with Crippen LogP contribution in [0.3, 0.4) is 0 Å². The second kappa shape index (κ2) is 6.64. The first-order valence-corrected chi connectivity index (χ1v) is 5.09. The van der Waals surface area contributed by atoms with Crippen LogP contribution in [0.25, 0.3) is 0 Å². The van der Waals surface area contributed by atoms with Crippen LogP contribution in [-0.2, 0) is 6.42 Å². The fourth-order valence-electron chi connectivity index (χ4n) is 1.15. The molecular weight excluding hydrogens is 158 g/mol. The number of aromatic nitrogens is 1. The molecule has 74 valence electrons. The highest BCUT2D eigenvalue weighted by Crippen LogP contribution is 2.10. The van der Waals surface area contributed by atoms with Crippen molar-refractivity contribution in [1.82, 2.24) is 4.98 Å². The van der Waals surface area contributed by atoms with Crippen molar-refractivity contribution in [3.63, 3.8) is 0 Å². The molecule has 0 aromatic carbocycles. The van der Waals surface area contributed by atoms with Crippen LogP contribution in [0.5, 0.6) is 0 Å². The number of hydrogen-bond acceptors (Lipinski definition) is 1. The number of nitrogens with zero attached hydrogens (tertiary/aromatic N) is 1. The molecule has 0 radical (unpaired) electrons. The van der Waals surface area contributed by atoms with E-state index in [1.807, 2.05) is 26.2 Å². The Labute approximate surface area is 82.2 Å². The quantitative estimate of drug-likeness (QED) is 0.675. The molecule has 1 heterocycles. The van der Waals surface area contributed by atoms with Crippen LogP contribution in [0.4, 0.5) is 0 Å². The first-order valence-electron chi connectivity index (χ1n) is 5.09. The summed E-state index contributed by atoms with van der Waals surface area (Å²) >= 11 is 0. The van der Waals surface area contributed by atoms with Crippen LogP contribution in [0.15, 0.2) is 18.5 Å². The van der Waals surface area contributed by atoms with E-state index < -0.39 is 0 Å². The zero-order valence-electron chi connectivity index (χ0n) is 9.46. The fraction of sp³-hybridized carbons (Fsp3) is 0.583. The van der Waals surface area contributed by atoms with Gasteiger partial charge in [-0.05, 0) is 36.5 Å². The first-order chi connectivity index (χ1) is 6.20. The van der Waals surface area contributed by atoms with E-state index in [9.17, 15) is 0 Å². The molecule has 13 heavy (non-hydrogen) atoms. The Morgan fingerprint density at radius 1 is 1.31 bits per heavy atom. The molecule has 0 N–H and O–H groups in total. The summed E-state index contributed by atoms with van der Waals surface area (Å²) in [6.07, 6.45) is 4.95. The minimum absolute atomic E-state index is 0.720. The van der Waals surface area contributed by atoms with Gasteiger partial charge in [0, 0.05) is 12.4 Å². The lowest BCUT2D eigenvalue weighted by Crippen LogP contribution is -1.96. The predicted molar refractivity (Wildman–Crippen MR) is 58.9 cm³/mol. The molecule has 1 aromatic heterocycles. The van der Waals surface area contributed by atoms with Crippen molar-refractivity contribution in [2.24, 2.45) is 5.92 Å². The molecule has 1 aromatic rings. The molecule has 1 heteroatoms. The topological polar surface area (TPSA) is 12.9 Å². The van der Waals surface area contributed by atoms with Crippen molar-refractivity contribution in [3.05, 3.63) is 29.6 Å². The molecule has 0 bridgehead atoms. The average molecular weight is 179 g/mol. The SMILES string of the molecule is CC.Cc1ccncc1CC(C)C. The van der Waals surface area contributed by atoms with Gasteiger partial charge in [-0.2, -0.15) is 0 Å². The summed E-state index contributed by atoms with van der Waals surface area (Å²) < 4.78 is 0. The highest BCUT2D eigenvalue weighted by atomic mass is 14.6. The Balaban J connectivity index is 0.000000671. The van der Waals surface area contributed by atoms with Crippen molar-refractivity contribution < 1.29 is 0 Å².